The van der Waals surface area contributed by atoms with Gasteiger partial charge in [-0.2, -0.15) is 0 Å². The van der Waals surface area contributed by atoms with Crippen LogP contribution in [-0.2, 0) is 9.47 Å². The maximum Gasteiger partial charge on any atom is 0.0645 e. The molecule has 0 radical (unpaired) electrons. The molecule has 0 aromatic rings. The zero-order valence-corrected chi connectivity index (χ0v) is 57.9. The smallest absolute Gasteiger partial charge is 0.0645 e. The zero-order valence-electron chi connectivity index (χ0n) is 57.9. The van der Waals surface area contributed by atoms with E-state index in [9.17, 15) is 0 Å². The minimum absolute atomic E-state index is 0.331. The van der Waals surface area contributed by atoms with E-state index in [-0.39, 0.29) is 0 Å². The first-order valence-electron chi connectivity index (χ1n) is 33.0. The number of piperidine rings is 1. The molecule has 0 amide bonds. The number of likely N-dealkylation sites (N-methyl/N-ethyl adjacent to an activating group) is 1. The molecule has 0 spiro atoms. The van der Waals surface area contributed by atoms with Crippen LogP contribution in [0.4, 0.5) is 0 Å². The molecule has 9 fully saturated rings. The van der Waals surface area contributed by atoms with Gasteiger partial charge in [0.05, 0.1) is 32.5 Å². The molecule has 0 aliphatic carbocycles. The highest BCUT2D eigenvalue weighted by Gasteiger charge is 2.36. The number of ether oxygens (including phenoxy) is 2. The Hall–Kier alpha value is -0.560. The van der Waals surface area contributed by atoms with Crippen molar-refractivity contribution in [2.24, 2.45) is 0 Å². The van der Waals surface area contributed by atoms with Gasteiger partial charge in [0.25, 0.3) is 0 Å². The number of piperazine rings is 6. The standard InChI is InChI=1S/C12H24N2.2C12H26N2.C11H22N2O.C11H24N2.C8H16N2O/c1-12(2,3)14-9-8-13-7-5-4-6-11(13)10-14;1-11(2,3)13-7-9-14(10-8-13)12(4,5)6;1-10(2)14-8-7-13(9-11(14)3)12(4,5)6;1-11(2,3)13-6-4-12(5-7-13)10-8-14-9-10;1-10(2)12-6-8-13(9-7-12)11(3,4)5;1-9-2-3-10-4-5-11-7-8(10)6-9/h11H,4-10H2,1-3H3;7-10H2,1-6H3;10-11H,7-9H2,1-6H3;10H,4-9H2,1-3H3;10H,6-9H2,1-5H3;8H,2-7H2,1H3. The van der Waals surface area contributed by atoms with Crippen LogP contribution in [0.5, 0.6) is 0 Å². The fourth-order valence-electron chi connectivity index (χ4n) is 13.2. The SMILES string of the molecule is CC(C)(C)N1CCN(C(C)(C)C)CC1.CC(C)(C)N1CCN(C2COC2)CC1.CC(C)(C)N1CCN2CCCCC2C1.CC(C)N1CCN(C(C)(C)C)CC1.CC(C)N1CCN(C(C)(C)C)CC1C.CN1CCN2CCOCC2C1. The molecule has 0 aromatic heterocycles. The molecule has 3 atom stereocenters. The molecule has 14 nitrogen and oxygen atoms in total. The molecular formula is C66H138N12O2. The first kappa shape index (κ1) is 71.9. The highest BCUT2D eigenvalue weighted by molar-refractivity contribution is 4.92. The molecule has 9 aliphatic rings. The summed E-state index contributed by atoms with van der Waals surface area (Å²) in [6.07, 6.45) is 4.29. The second kappa shape index (κ2) is 31.9. The number of nitrogens with zero attached hydrogens (tertiary/aromatic N) is 12. The number of rotatable bonds is 3. The third kappa shape index (κ3) is 24.3. The van der Waals surface area contributed by atoms with Crippen molar-refractivity contribution in [1.82, 2.24) is 58.8 Å². The van der Waals surface area contributed by atoms with E-state index in [1.54, 1.807) is 0 Å². The van der Waals surface area contributed by atoms with Crippen molar-refractivity contribution in [3.8, 4) is 0 Å². The monoisotopic (exact) mass is 1130 g/mol. The second-order valence-electron chi connectivity index (χ2n) is 32.1. The molecule has 80 heavy (non-hydrogen) atoms. The van der Waals surface area contributed by atoms with E-state index in [1.165, 1.54) is 163 Å². The van der Waals surface area contributed by atoms with E-state index in [0.29, 0.717) is 57.4 Å². The van der Waals surface area contributed by atoms with Crippen LogP contribution in [0.1, 0.15) is 179 Å². The number of hydrogen-bond donors (Lipinski definition) is 0. The van der Waals surface area contributed by atoms with Gasteiger partial charge in [0, 0.05) is 207 Å². The Labute approximate surface area is 498 Å². The molecular weight excluding hydrogens is 993 g/mol. The van der Waals surface area contributed by atoms with Crippen molar-refractivity contribution in [2.45, 2.75) is 248 Å². The molecule has 0 N–H and O–H groups in total. The maximum absolute atomic E-state index is 5.42. The molecule has 0 aromatic carbocycles. The maximum atomic E-state index is 5.42. The van der Waals surface area contributed by atoms with Crippen LogP contribution in [-0.4, -0.2) is 312 Å². The quantitative estimate of drug-likeness (QED) is 0.271. The predicted octanol–water partition coefficient (Wildman–Crippen LogP) is 8.60. The minimum atomic E-state index is 0.331. The van der Waals surface area contributed by atoms with Crippen molar-refractivity contribution in [1.29, 1.82) is 0 Å². The summed E-state index contributed by atoms with van der Waals surface area (Å²) in [5, 5.41) is 0. The summed E-state index contributed by atoms with van der Waals surface area (Å²) >= 11 is 0. The molecule has 3 unspecified atom stereocenters. The van der Waals surface area contributed by atoms with E-state index < -0.39 is 0 Å². The third-order valence-electron chi connectivity index (χ3n) is 19.3. The molecule has 0 bridgehead atoms. The van der Waals surface area contributed by atoms with E-state index in [1.807, 2.05) is 0 Å². The average Bonchev–Trinajstić information content (AvgIpc) is 3.36. The Balaban J connectivity index is 0.000000207. The van der Waals surface area contributed by atoms with Crippen LogP contribution in [0.15, 0.2) is 0 Å². The Morgan fingerprint density at radius 3 is 1.12 bits per heavy atom. The third-order valence-corrected chi connectivity index (χ3v) is 19.3. The van der Waals surface area contributed by atoms with Gasteiger partial charge >= 0.3 is 0 Å². The van der Waals surface area contributed by atoms with Crippen LogP contribution in [0.2, 0.25) is 0 Å². The summed E-state index contributed by atoms with van der Waals surface area (Å²) in [4.78, 5) is 30.9. The van der Waals surface area contributed by atoms with Gasteiger partial charge in [-0.25, -0.2) is 0 Å². The van der Waals surface area contributed by atoms with E-state index in [0.717, 1.165) is 45.1 Å². The summed E-state index contributed by atoms with van der Waals surface area (Å²) in [6.45, 7) is 85.1. The molecule has 0 saturated carbocycles. The first-order valence-corrected chi connectivity index (χ1v) is 33.0. The molecule has 474 valence electrons. The van der Waals surface area contributed by atoms with Crippen molar-refractivity contribution < 1.29 is 9.47 Å². The summed E-state index contributed by atoms with van der Waals surface area (Å²) in [5.41, 5.74) is 2.06. The summed E-state index contributed by atoms with van der Waals surface area (Å²) in [6, 6.07) is 4.34. The normalized spacial score (nSPS) is 27.6. The van der Waals surface area contributed by atoms with Gasteiger partial charge in [-0.3, -0.25) is 53.9 Å². The Kier molecular flexibility index (Phi) is 28.7. The van der Waals surface area contributed by atoms with Gasteiger partial charge in [0.2, 0.25) is 0 Å². The van der Waals surface area contributed by atoms with Crippen molar-refractivity contribution in [3.05, 3.63) is 0 Å². The topological polar surface area (TPSA) is 57.3 Å². The fraction of sp³-hybridized carbons (Fsp3) is 1.00. The van der Waals surface area contributed by atoms with Crippen LogP contribution >= 0.6 is 0 Å². The lowest BCUT2D eigenvalue weighted by Gasteiger charge is -2.48. The van der Waals surface area contributed by atoms with Gasteiger partial charge in [-0.05, 0) is 186 Å². The van der Waals surface area contributed by atoms with Gasteiger partial charge < -0.3 is 14.4 Å². The van der Waals surface area contributed by atoms with Gasteiger partial charge in [0.15, 0.2) is 0 Å². The van der Waals surface area contributed by atoms with Gasteiger partial charge in [-0.1, -0.05) is 6.42 Å². The first-order chi connectivity index (χ1) is 36.9. The molecule has 14 heteroatoms. The number of hydrogen-bond acceptors (Lipinski definition) is 14. The zero-order chi connectivity index (χ0) is 60.0. The minimum Gasteiger partial charge on any atom is -0.378 e. The highest BCUT2D eigenvalue weighted by atomic mass is 16.5. The summed E-state index contributed by atoms with van der Waals surface area (Å²) in [5.74, 6) is 0. The largest absolute Gasteiger partial charge is 0.378 e. The molecule has 9 heterocycles. The van der Waals surface area contributed by atoms with E-state index >= 15 is 0 Å². The van der Waals surface area contributed by atoms with E-state index in [2.05, 4.69) is 225 Å². The van der Waals surface area contributed by atoms with Crippen LogP contribution in [0, 0.1) is 0 Å². The average molecular weight is 1130 g/mol. The Morgan fingerprint density at radius 2 is 0.713 bits per heavy atom. The van der Waals surface area contributed by atoms with Crippen LogP contribution in [0.3, 0.4) is 0 Å². The van der Waals surface area contributed by atoms with Crippen molar-refractivity contribution in [3.63, 3.8) is 0 Å². The lowest BCUT2D eigenvalue weighted by atomic mass is 9.96. The van der Waals surface area contributed by atoms with Gasteiger partial charge in [-0.15, -0.1) is 0 Å². The van der Waals surface area contributed by atoms with Gasteiger partial charge in [0.1, 0.15) is 0 Å². The van der Waals surface area contributed by atoms with Crippen LogP contribution in [0.25, 0.3) is 0 Å². The predicted molar refractivity (Wildman–Crippen MR) is 345 cm³/mol. The lowest BCUT2D eigenvalue weighted by Crippen LogP contribution is -2.59. The van der Waals surface area contributed by atoms with Crippen molar-refractivity contribution >= 4 is 0 Å². The number of morpholine rings is 1. The molecule has 9 aliphatic heterocycles. The summed E-state index contributed by atoms with van der Waals surface area (Å²) < 4.78 is 10.6. The Bertz CT molecular complexity index is 1640. The van der Waals surface area contributed by atoms with Crippen molar-refractivity contribution in [2.75, 3.05) is 184 Å². The second-order valence-corrected chi connectivity index (χ2v) is 32.1. The number of fused-ring (bicyclic) bond motifs is 2. The van der Waals surface area contributed by atoms with Crippen LogP contribution < -0.4 is 0 Å². The lowest BCUT2D eigenvalue weighted by molar-refractivity contribution is -0.0830. The Morgan fingerprint density at radius 1 is 0.338 bits per heavy atom. The molecule has 9 rings (SSSR count). The fourth-order valence-corrected chi connectivity index (χ4v) is 13.2. The molecule has 9 saturated heterocycles. The van der Waals surface area contributed by atoms with E-state index in [4.69, 9.17) is 9.47 Å². The summed E-state index contributed by atoms with van der Waals surface area (Å²) in [7, 11) is 2.19. The highest BCUT2D eigenvalue weighted by Crippen LogP contribution is 2.27.